The molecule has 6 heteroatoms. The van der Waals surface area contributed by atoms with E-state index in [4.69, 9.17) is 21.6 Å². The zero-order valence-corrected chi connectivity index (χ0v) is 15.7. The van der Waals surface area contributed by atoms with Gasteiger partial charge in [0.25, 0.3) is 0 Å². The SMILES string of the molecule is OC1CCCCN(c2cc(-c3ccc(Cl)cc3)nc(-c3cccnc3)n2)C1. The fourth-order valence-corrected chi connectivity index (χ4v) is 3.44. The summed E-state index contributed by atoms with van der Waals surface area (Å²) in [5.74, 6) is 1.46. The van der Waals surface area contributed by atoms with Crippen LogP contribution in [0.1, 0.15) is 19.3 Å². The number of anilines is 1. The van der Waals surface area contributed by atoms with E-state index >= 15 is 0 Å². The second-order valence-corrected chi connectivity index (χ2v) is 7.22. The quantitative estimate of drug-likeness (QED) is 0.737. The van der Waals surface area contributed by atoms with Gasteiger partial charge in [-0.1, -0.05) is 23.7 Å². The molecule has 2 aromatic heterocycles. The molecule has 3 aromatic rings. The Labute approximate surface area is 163 Å². The number of halogens is 1. The topological polar surface area (TPSA) is 62.1 Å². The fraction of sp³-hybridized carbons (Fsp3) is 0.286. The lowest BCUT2D eigenvalue weighted by Crippen LogP contribution is -2.31. The van der Waals surface area contributed by atoms with Crippen LogP contribution in [-0.4, -0.2) is 39.3 Å². The van der Waals surface area contributed by atoms with Crippen molar-refractivity contribution < 1.29 is 5.11 Å². The average Bonchev–Trinajstić information content (AvgIpc) is 2.93. The summed E-state index contributed by atoms with van der Waals surface area (Å²) >= 11 is 6.04. The Kier molecular flexibility index (Phi) is 5.32. The maximum absolute atomic E-state index is 10.2. The van der Waals surface area contributed by atoms with Crippen molar-refractivity contribution in [2.24, 2.45) is 0 Å². The van der Waals surface area contributed by atoms with Crippen LogP contribution in [0.5, 0.6) is 0 Å². The molecule has 1 atom stereocenters. The van der Waals surface area contributed by atoms with Gasteiger partial charge in [-0.15, -0.1) is 0 Å². The number of benzene rings is 1. The van der Waals surface area contributed by atoms with E-state index in [0.717, 1.165) is 48.4 Å². The molecule has 0 saturated carbocycles. The van der Waals surface area contributed by atoms with E-state index in [9.17, 15) is 5.11 Å². The largest absolute Gasteiger partial charge is 0.391 e. The first-order valence-electron chi connectivity index (χ1n) is 9.17. The molecule has 1 aromatic carbocycles. The van der Waals surface area contributed by atoms with Crippen LogP contribution in [0.2, 0.25) is 5.02 Å². The Morgan fingerprint density at radius 3 is 2.67 bits per heavy atom. The summed E-state index contributed by atoms with van der Waals surface area (Å²) in [6, 6.07) is 13.5. The molecule has 1 N–H and O–H groups in total. The highest BCUT2D eigenvalue weighted by Gasteiger charge is 2.19. The number of aliphatic hydroxyl groups is 1. The molecule has 3 heterocycles. The molecular weight excluding hydrogens is 360 g/mol. The van der Waals surface area contributed by atoms with Gasteiger partial charge in [0.15, 0.2) is 5.82 Å². The summed E-state index contributed by atoms with van der Waals surface area (Å²) in [5, 5.41) is 10.9. The number of hydrogen-bond donors (Lipinski definition) is 1. The molecule has 27 heavy (non-hydrogen) atoms. The van der Waals surface area contributed by atoms with E-state index in [1.165, 1.54) is 0 Å². The predicted molar refractivity (Wildman–Crippen MR) is 108 cm³/mol. The van der Waals surface area contributed by atoms with Gasteiger partial charge >= 0.3 is 0 Å². The van der Waals surface area contributed by atoms with E-state index in [2.05, 4.69) is 9.88 Å². The number of hydrogen-bond acceptors (Lipinski definition) is 5. The molecule has 1 unspecified atom stereocenters. The van der Waals surface area contributed by atoms with Crippen LogP contribution in [0.25, 0.3) is 22.6 Å². The molecule has 1 saturated heterocycles. The molecule has 0 amide bonds. The van der Waals surface area contributed by atoms with Crippen LogP contribution in [0.4, 0.5) is 5.82 Å². The lowest BCUT2D eigenvalue weighted by Gasteiger charge is -2.24. The summed E-state index contributed by atoms with van der Waals surface area (Å²) in [4.78, 5) is 15.9. The molecule has 5 nitrogen and oxygen atoms in total. The summed E-state index contributed by atoms with van der Waals surface area (Å²) in [7, 11) is 0. The van der Waals surface area contributed by atoms with Crippen molar-refractivity contribution in [1.82, 2.24) is 15.0 Å². The van der Waals surface area contributed by atoms with Crippen molar-refractivity contribution in [1.29, 1.82) is 0 Å². The van der Waals surface area contributed by atoms with E-state index < -0.39 is 0 Å². The average molecular weight is 381 g/mol. The van der Waals surface area contributed by atoms with Crippen LogP contribution in [-0.2, 0) is 0 Å². The van der Waals surface area contributed by atoms with Crippen molar-refractivity contribution in [3.05, 3.63) is 59.9 Å². The third kappa shape index (κ3) is 4.26. The van der Waals surface area contributed by atoms with Crippen LogP contribution in [0.15, 0.2) is 54.9 Å². The number of rotatable bonds is 3. The Hall–Kier alpha value is -2.50. The van der Waals surface area contributed by atoms with Crippen molar-refractivity contribution in [3.8, 4) is 22.6 Å². The van der Waals surface area contributed by atoms with E-state index in [1.807, 2.05) is 42.5 Å². The van der Waals surface area contributed by atoms with Gasteiger partial charge in [0.2, 0.25) is 0 Å². The first-order valence-corrected chi connectivity index (χ1v) is 9.55. The van der Waals surface area contributed by atoms with Crippen molar-refractivity contribution in [3.63, 3.8) is 0 Å². The molecular formula is C21H21ClN4O. The smallest absolute Gasteiger partial charge is 0.163 e. The van der Waals surface area contributed by atoms with Gasteiger partial charge < -0.3 is 10.0 Å². The monoisotopic (exact) mass is 380 g/mol. The van der Waals surface area contributed by atoms with Gasteiger partial charge in [-0.3, -0.25) is 4.98 Å². The highest BCUT2D eigenvalue weighted by atomic mass is 35.5. The Morgan fingerprint density at radius 1 is 1.04 bits per heavy atom. The third-order valence-corrected chi connectivity index (χ3v) is 4.99. The Bertz CT molecular complexity index is 902. The van der Waals surface area contributed by atoms with Crippen molar-refractivity contribution in [2.45, 2.75) is 25.4 Å². The van der Waals surface area contributed by atoms with Crippen LogP contribution >= 0.6 is 11.6 Å². The Morgan fingerprint density at radius 2 is 1.89 bits per heavy atom. The van der Waals surface area contributed by atoms with Crippen molar-refractivity contribution in [2.75, 3.05) is 18.0 Å². The Balaban J connectivity index is 1.80. The first-order chi connectivity index (χ1) is 13.2. The maximum Gasteiger partial charge on any atom is 0.163 e. The lowest BCUT2D eigenvalue weighted by atomic mass is 10.1. The van der Waals surface area contributed by atoms with Gasteiger partial charge in [-0.25, -0.2) is 9.97 Å². The summed E-state index contributed by atoms with van der Waals surface area (Å²) in [6.45, 7) is 1.46. The normalized spacial score (nSPS) is 17.6. The molecule has 0 bridgehead atoms. The second kappa shape index (κ2) is 8.03. The van der Waals surface area contributed by atoms with Crippen LogP contribution in [0, 0.1) is 0 Å². The van der Waals surface area contributed by atoms with Crippen LogP contribution < -0.4 is 4.90 Å². The summed E-state index contributed by atoms with van der Waals surface area (Å²) < 4.78 is 0. The standard InChI is InChI=1S/C21H21ClN4O/c22-17-8-6-15(7-9-17)19-12-20(26-11-2-1-5-18(27)14-26)25-21(24-19)16-4-3-10-23-13-16/h3-4,6-10,12-13,18,27H,1-2,5,11,14H2. The predicted octanol–water partition coefficient (Wildman–Crippen LogP) is 4.21. The molecule has 138 valence electrons. The minimum absolute atomic E-state index is 0.330. The third-order valence-electron chi connectivity index (χ3n) is 4.74. The molecule has 1 fully saturated rings. The van der Waals surface area contributed by atoms with Crippen molar-refractivity contribution >= 4 is 17.4 Å². The second-order valence-electron chi connectivity index (χ2n) is 6.78. The lowest BCUT2D eigenvalue weighted by molar-refractivity contribution is 0.174. The van der Waals surface area contributed by atoms with Gasteiger partial charge in [0.1, 0.15) is 5.82 Å². The van der Waals surface area contributed by atoms with E-state index in [1.54, 1.807) is 12.4 Å². The van der Waals surface area contributed by atoms with Gasteiger partial charge in [-0.2, -0.15) is 0 Å². The molecule has 1 aliphatic rings. The number of nitrogens with zero attached hydrogens (tertiary/aromatic N) is 4. The zero-order chi connectivity index (χ0) is 18.6. The highest BCUT2D eigenvalue weighted by Crippen LogP contribution is 2.28. The minimum Gasteiger partial charge on any atom is -0.391 e. The molecule has 1 aliphatic heterocycles. The van der Waals surface area contributed by atoms with E-state index in [0.29, 0.717) is 17.4 Å². The summed E-state index contributed by atoms with van der Waals surface area (Å²) in [5.41, 5.74) is 2.67. The van der Waals surface area contributed by atoms with Crippen LogP contribution in [0.3, 0.4) is 0 Å². The summed E-state index contributed by atoms with van der Waals surface area (Å²) in [6.07, 6.45) is 6.08. The maximum atomic E-state index is 10.2. The number of β-amino-alcohol motifs (C(OH)–C–C–N with tert-alkyl or cyclic N) is 1. The molecule has 4 rings (SSSR count). The minimum atomic E-state index is -0.330. The molecule has 0 aliphatic carbocycles. The first kappa shape index (κ1) is 17.9. The van der Waals surface area contributed by atoms with Gasteiger partial charge in [-0.05, 0) is 43.5 Å². The fourth-order valence-electron chi connectivity index (χ4n) is 3.32. The molecule has 0 radical (unpaired) electrons. The van der Waals surface area contributed by atoms with Gasteiger partial charge in [0, 0.05) is 47.7 Å². The van der Waals surface area contributed by atoms with Gasteiger partial charge in [0.05, 0.1) is 11.8 Å². The number of aromatic nitrogens is 3. The number of aliphatic hydroxyl groups excluding tert-OH is 1. The molecule has 0 spiro atoms. The number of pyridine rings is 1. The zero-order valence-electron chi connectivity index (χ0n) is 14.9. The highest BCUT2D eigenvalue weighted by molar-refractivity contribution is 6.30. The van der Waals surface area contributed by atoms with E-state index in [-0.39, 0.29) is 6.10 Å².